The summed E-state index contributed by atoms with van der Waals surface area (Å²) in [6, 6.07) is 34.8. The highest BCUT2D eigenvalue weighted by molar-refractivity contribution is 6.09. The van der Waals surface area contributed by atoms with E-state index in [1.807, 2.05) is 6.21 Å². The molecule has 2 atom stereocenters. The van der Waals surface area contributed by atoms with Crippen LogP contribution in [0.25, 0.3) is 38.6 Å². The smallest absolute Gasteiger partial charge is 0.0780 e. The molecule has 4 aromatic carbocycles. The summed E-state index contributed by atoms with van der Waals surface area (Å²) < 4.78 is 2.35. The van der Waals surface area contributed by atoms with Crippen LogP contribution in [0.15, 0.2) is 132 Å². The van der Waals surface area contributed by atoms with Crippen LogP contribution in [0.4, 0.5) is 0 Å². The van der Waals surface area contributed by atoms with Crippen LogP contribution in [-0.2, 0) is 0 Å². The van der Waals surface area contributed by atoms with Gasteiger partial charge in [0.1, 0.15) is 0 Å². The van der Waals surface area contributed by atoms with Gasteiger partial charge in [-0.25, -0.2) is 0 Å². The summed E-state index contributed by atoms with van der Waals surface area (Å²) >= 11 is 0. The molecule has 1 aromatic heterocycles. The molecule has 0 saturated heterocycles. The SMILES string of the molecule is C1=CC2C=NN=C(c3ccc(-c4ccc(-n5c6ccccc6c6ccccc65)cc4)cc3)C2C=C1. The number of aromatic nitrogens is 1. The molecule has 0 bridgehead atoms. The number of rotatable bonds is 3. The molecular weight excluding hydrogens is 426 g/mol. The summed E-state index contributed by atoms with van der Waals surface area (Å²) in [7, 11) is 0. The van der Waals surface area contributed by atoms with Crippen LogP contribution in [-0.4, -0.2) is 16.5 Å². The fraction of sp³-hybridized carbons (Fsp3) is 0.0625. The van der Waals surface area contributed by atoms with Crippen LogP contribution in [0.2, 0.25) is 0 Å². The van der Waals surface area contributed by atoms with Crippen molar-refractivity contribution < 1.29 is 0 Å². The van der Waals surface area contributed by atoms with E-state index in [4.69, 9.17) is 0 Å². The van der Waals surface area contributed by atoms with E-state index in [0.717, 1.165) is 11.3 Å². The number of nitrogens with zero attached hydrogens (tertiary/aromatic N) is 3. The molecule has 2 unspecified atom stereocenters. The maximum Gasteiger partial charge on any atom is 0.0780 e. The first kappa shape index (κ1) is 19.9. The van der Waals surface area contributed by atoms with Crippen molar-refractivity contribution >= 4 is 33.7 Å². The molecule has 166 valence electrons. The molecule has 0 amide bonds. The van der Waals surface area contributed by atoms with E-state index in [1.54, 1.807) is 0 Å². The van der Waals surface area contributed by atoms with Gasteiger partial charge in [0.15, 0.2) is 0 Å². The zero-order valence-electron chi connectivity index (χ0n) is 19.1. The van der Waals surface area contributed by atoms with Crippen molar-refractivity contribution in [1.82, 2.24) is 4.57 Å². The minimum absolute atomic E-state index is 0.258. The highest BCUT2D eigenvalue weighted by Crippen LogP contribution is 2.33. The monoisotopic (exact) mass is 449 g/mol. The second-order valence-corrected chi connectivity index (χ2v) is 9.12. The first-order valence-corrected chi connectivity index (χ1v) is 12.0. The van der Waals surface area contributed by atoms with Crippen molar-refractivity contribution in [1.29, 1.82) is 0 Å². The molecule has 0 spiro atoms. The minimum Gasteiger partial charge on any atom is -0.309 e. The zero-order valence-corrected chi connectivity index (χ0v) is 19.1. The number of para-hydroxylation sites is 2. The van der Waals surface area contributed by atoms with Crippen LogP contribution in [0.1, 0.15) is 5.56 Å². The lowest BCUT2D eigenvalue weighted by Crippen LogP contribution is -2.26. The van der Waals surface area contributed by atoms with Crippen molar-refractivity contribution in [2.45, 2.75) is 0 Å². The van der Waals surface area contributed by atoms with E-state index < -0.39 is 0 Å². The summed E-state index contributed by atoms with van der Waals surface area (Å²) in [5.74, 6) is 0.550. The van der Waals surface area contributed by atoms with Gasteiger partial charge in [-0.3, -0.25) is 0 Å². The highest BCUT2D eigenvalue weighted by Gasteiger charge is 2.26. The summed E-state index contributed by atoms with van der Waals surface area (Å²) in [5.41, 5.74) is 8.17. The summed E-state index contributed by atoms with van der Waals surface area (Å²) in [5, 5.41) is 11.3. The first-order valence-electron chi connectivity index (χ1n) is 12.0. The van der Waals surface area contributed by atoms with Gasteiger partial charge in [-0.05, 0) is 41.0 Å². The van der Waals surface area contributed by atoms with Crippen molar-refractivity contribution in [3.8, 4) is 16.8 Å². The normalized spacial score (nSPS) is 18.7. The van der Waals surface area contributed by atoms with Crippen LogP contribution >= 0.6 is 0 Å². The molecule has 2 aliphatic rings. The Hall–Kier alpha value is -4.50. The predicted molar refractivity (Wildman–Crippen MR) is 147 cm³/mol. The van der Waals surface area contributed by atoms with E-state index in [1.165, 1.54) is 38.6 Å². The molecule has 5 aromatic rings. The lowest BCUT2D eigenvalue weighted by Gasteiger charge is -2.24. The number of benzene rings is 4. The number of fused-ring (bicyclic) bond motifs is 4. The Morgan fingerprint density at radius 2 is 1.14 bits per heavy atom. The molecule has 7 rings (SSSR count). The van der Waals surface area contributed by atoms with Gasteiger partial charge in [0.05, 0.1) is 16.7 Å². The third kappa shape index (κ3) is 3.28. The van der Waals surface area contributed by atoms with Gasteiger partial charge < -0.3 is 4.57 Å². The zero-order chi connectivity index (χ0) is 23.2. The van der Waals surface area contributed by atoms with Gasteiger partial charge >= 0.3 is 0 Å². The quantitative estimate of drug-likeness (QED) is 0.271. The van der Waals surface area contributed by atoms with Crippen molar-refractivity contribution in [2.75, 3.05) is 0 Å². The van der Waals surface area contributed by atoms with Crippen LogP contribution < -0.4 is 0 Å². The maximum atomic E-state index is 4.47. The molecule has 0 fully saturated rings. The van der Waals surface area contributed by atoms with Gasteiger partial charge in [-0.2, -0.15) is 10.2 Å². The number of allylic oxidation sites excluding steroid dienone is 4. The molecular formula is C32H23N3. The second kappa shape index (κ2) is 8.07. The van der Waals surface area contributed by atoms with Gasteiger partial charge in [0.2, 0.25) is 0 Å². The van der Waals surface area contributed by atoms with E-state index in [9.17, 15) is 0 Å². The largest absolute Gasteiger partial charge is 0.309 e. The molecule has 3 nitrogen and oxygen atoms in total. The Morgan fingerprint density at radius 3 is 1.83 bits per heavy atom. The Balaban J connectivity index is 1.22. The molecule has 0 saturated carbocycles. The summed E-state index contributed by atoms with van der Waals surface area (Å²) in [6.45, 7) is 0. The maximum absolute atomic E-state index is 4.47. The fourth-order valence-corrected chi connectivity index (χ4v) is 5.37. The van der Waals surface area contributed by atoms with E-state index in [0.29, 0.717) is 5.92 Å². The van der Waals surface area contributed by atoms with E-state index >= 15 is 0 Å². The molecule has 3 heteroatoms. The first-order chi connectivity index (χ1) is 17.4. The Morgan fingerprint density at radius 1 is 0.571 bits per heavy atom. The second-order valence-electron chi connectivity index (χ2n) is 9.12. The van der Waals surface area contributed by atoms with Gasteiger partial charge in [-0.1, -0.05) is 97.1 Å². The Kier molecular flexibility index (Phi) is 4.59. The lowest BCUT2D eigenvalue weighted by molar-refractivity contribution is 0.733. The number of hydrogen-bond acceptors (Lipinski definition) is 2. The van der Waals surface area contributed by atoms with Gasteiger partial charge in [-0.15, -0.1) is 0 Å². The molecule has 2 heterocycles. The van der Waals surface area contributed by atoms with E-state index in [-0.39, 0.29) is 5.92 Å². The molecule has 35 heavy (non-hydrogen) atoms. The number of hydrogen-bond donors (Lipinski definition) is 0. The summed E-state index contributed by atoms with van der Waals surface area (Å²) in [4.78, 5) is 0. The summed E-state index contributed by atoms with van der Waals surface area (Å²) in [6.07, 6.45) is 10.5. The third-order valence-electron chi connectivity index (χ3n) is 7.12. The van der Waals surface area contributed by atoms with Gasteiger partial charge in [0, 0.05) is 34.5 Å². The molecule has 1 aliphatic carbocycles. The van der Waals surface area contributed by atoms with Gasteiger partial charge in [0.25, 0.3) is 0 Å². The molecule has 1 aliphatic heterocycles. The lowest BCUT2D eigenvalue weighted by atomic mass is 9.82. The van der Waals surface area contributed by atoms with E-state index in [2.05, 4.69) is 136 Å². The van der Waals surface area contributed by atoms with Crippen LogP contribution in [0.5, 0.6) is 0 Å². The van der Waals surface area contributed by atoms with Crippen molar-refractivity contribution in [2.24, 2.45) is 22.0 Å². The molecule has 0 N–H and O–H groups in total. The average Bonchev–Trinajstić information content (AvgIpc) is 3.27. The Labute approximate surface area is 204 Å². The van der Waals surface area contributed by atoms with Crippen LogP contribution in [0.3, 0.4) is 0 Å². The standard InChI is InChI=1S/C32H23N3/c1-2-8-27-25(7-1)21-33-34-32(27)24-15-13-22(14-16-24)23-17-19-26(20-18-23)35-30-11-5-3-9-28(30)29-10-4-6-12-31(29)35/h1-21,25,27H. The van der Waals surface area contributed by atoms with Crippen molar-refractivity contribution in [3.05, 3.63) is 127 Å². The van der Waals surface area contributed by atoms with Crippen LogP contribution in [0, 0.1) is 11.8 Å². The fourth-order valence-electron chi connectivity index (χ4n) is 5.37. The average molecular weight is 450 g/mol. The topological polar surface area (TPSA) is 29.6 Å². The third-order valence-corrected chi connectivity index (χ3v) is 7.12. The highest BCUT2D eigenvalue weighted by atomic mass is 15.2. The molecule has 0 radical (unpaired) electrons. The van der Waals surface area contributed by atoms with Crippen molar-refractivity contribution in [3.63, 3.8) is 0 Å². The minimum atomic E-state index is 0.258. The predicted octanol–water partition coefficient (Wildman–Crippen LogP) is 7.60. The Bertz CT molecular complexity index is 1630.